The molecule has 0 spiro atoms. The van der Waals surface area contributed by atoms with Gasteiger partial charge >= 0.3 is 0 Å². The van der Waals surface area contributed by atoms with Gasteiger partial charge in [-0.05, 0) is 23.8 Å². The van der Waals surface area contributed by atoms with E-state index in [1.807, 2.05) is 53.4 Å². The quantitative estimate of drug-likeness (QED) is 0.783. The largest absolute Gasteiger partial charge is 0.340 e. The van der Waals surface area contributed by atoms with Crippen LogP contribution in [0.2, 0.25) is 5.02 Å². The smallest absolute Gasteiger partial charge is 0.237 e. The van der Waals surface area contributed by atoms with Crippen LogP contribution in [0.15, 0.2) is 48.5 Å². The summed E-state index contributed by atoms with van der Waals surface area (Å²) >= 11 is 6.22. The Bertz CT molecular complexity index is 874. The van der Waals surface area contributed by atoms with Crippen molar-refractivity contribution < 1.29 is 4.79 Å². The number of hydrogen-bond acceptors (Lipinski definition) is 3. The summed E-state index contributed by atoms with van der Waals surface area (Å²) in [7, 11) is 0. The van der Waals surface area contributed by atoms with Gasteiger partial charge in [0.25, 0.3) is 0 Å². The number of nitrogens with one attached hydrogen (secondary N) is 1. The van der Waals surface area contributed by atoms with E-state index >= 15 is 0 Å². The predicted octanol–water partition coefficient (Wildman–Crippen LogP) is 3.06. The second-order valence-electron chi connectivity index (χ2n) is 6.32. The van der Waals surface area contributed by atoms with Crippen LogP contribution in [-0.4, -0.2) is 45.3 Å². The van der Waals surface area contributed by atoms with Gasteiger partial charge in [-0.3, -0.25) is 9.69 Å². The zero-order chi connectivity index (χ0) is 17.2. The van der Waals surface area contributed by atoms with Crippen LogP contribution in [0.3, 0.4) is 0 Å². The minimum absolute atomic E-state index is 0.124. The maximum absolute atomic E-state index is 12.5. The molecule has 3 aromatic rings. The molecule has 5 nitrogen and oxygen atoms in total. The Kier molecular flexibility index (Phi) is 4.42. The van der Waals surface area contributed by atoms with Crippen molar-refractivity contribution in [1.82, 2.24) is 19.8 Å². The third-order valence-corrected chi connectivity index (χ3v) is 4.90. The fourth-order valence-electron chi connectivity index (χ4n) is 3.19. The summed E-state index contributed by atoms with van der Waals surface area (Å²) in [6.45, 7) is 3.15. The van der Waals surface area contributed by atoms with E-state index in [0.717, 1.165) is 34.0 Å². The number of nitrogens with zero attached hydrogens (tertiary/aromatic N) is 3. The highest BCUT2D eigenvalue weighted by atomic mass is 35.5. The molecule has 0 atom stereocenters. The number of amides is 1. The fourth-order valence-corrected chi connectivity index (χ4v) is 3.38. The minimum Gasteiger partial charge on any atom is -0.340 e. The Labute approximate surface area is 151 Å². The molecule has 128 valence electrons. The van der Waals surface area contributed by atoms with E-state index < -0.39 is 0 Å². The van der Waals surface area contributed by atoms with E-state index in [0.29, 0.717) is 26.2 Å². The number of rotatable bonds is 4. The van der Waals surface area contributed by atoms with Crippen molar-refractivity contribution in [3.63, 3.8) is 0 Å². The zero-order valence-electron chi connectivity index (χ0n) is 13.8. The number of H-pyrrole nitrogens is 1. The van der Waals surface area contributed by atoms with E-state index in [1.54, 1.807) is 0 Å². The first-order valence-electron chi connectivity index (χ1n) is 8.36. The number of carbonyl (C=O) groups excluding carboxylic acids is 1. The van der Waals surface area contributed by atoms with Crippen LogP contribution in [0.1, 0.15) is 11.4 Å². The van der Waals surface area contributed by atoms with Gasteiger partial charge in [0.1, 0.15) is 5.82 Å². The summed E-state index contributed by atoms with van der Waals surface area (Å²) in [5, 5.41) is 0.750. The highest BCUT2D eigenvalue weighted by molar-refractivity contribution is 6.31. The summed E-state index contributed by atoms with van der Waals surface area (Å²) in [6.07, 6.45) is 0. The number of piperazine rings is 1. The fraction of sp³-hybridized carbons (Fsp3) is 0.263. The van der Waals surface area contributed by atoms with Gasteiger partial charge in [-0.15, -0.1) is 0 Å². The monoisotopic (exact) mass is 354 g/mol. The van der Waals surface area contributed by atoms with Gasteiger partial charge in [0.05, 0.1) is 24.1 Å². The van der Waals surface area contributed by atoms with E-state index in [9.17, 15) is 4.79 Å². The van der Waals surface area contributed by atoms with E-state index in [2.05, 4.69) is 14.9 Å². The maximum Gasteiger partial charge on any atom is 0.237 e. The Morgan fingerprint density at radius 1 is 1.04 bits per heavy atom. The van der Waals surface area contributed by atoms with Crippen LogP contribution < -0.4 is 0 Å². The van der Waals surface area contributed by atoms with Crippen LogP contribution in [0, 0.1) is 0 Å². The lowest BCUT2D eigenvalue weighted by atomic mass is 10.2. The zero-order valence-corrected chi connectivity index (χ0v) is 14.5. The number of para-hydroxylation sites is 2. The third kappa shape index (κ3) is 3.52. The second-order valence-corrected chi connectivity index (χ2v) is 6.73. The van der Waals surface area contributed by atoms with Crippen LogP contribution in [0.5, 0.6) is 0 Å². The topological polar surface area (TPSA) is 52.2 Å². The molecule has 1 aromatic heterocycles. The molecule has 1 amide bonds. The van der Waals surface area contributed by atoms with Crippen molar-refractivity contribution in [1.29, 1.82) is 0 Å². The molecule has 2 heterocycles. The normalized spacial score (nSPS) is 15.9. The number of aromatic amines is 1. The maximum atomic E-state index is 12.5. The van der Waals surface area contributed by atoms with E-state index in [1.165, 1.54) is 0 Å². The number of halogens is 1. The molecule has 1 N–H and O–H groups in total. The number of aromatic nitrogens is 2. The highest BCUT2D eigenvalue weighted by Gasteiger charge is 2.25. The first-order chi connectivity index (χ1) is 12.2. The number of carbonyl (C=O) groups is 1. The number of imidazole rings is 1. The summed E-state index contributed by atoms with van der Waals surface area (Å²) < 4.78 is 0. The Morgan fingerprint density at radius 2 is 1.84 bits per heavy atom. The number of benzene rings is 2. The molecule has 1 saturated heterocycles. The minimum atomic E-state index is 0.124. The molecule has 0 bridgehead atoms. The molecule has 0 aliphatic carbocycles. The van der Waals surface area contributed by atoms with Crippen molar-refractivity contribution in [2.75, 3.05) is 19.6 Å². The summed E-state index contributed by atoms with van der Waals surface area (Å²) in [4.78, 5) is 24.4. The molecule has 6 heteroatoms. The highest BCUT2D eigenvalue weighted by Crippen LogP contribution is 2.19. The van der Waals surface area contributed by atoms with Gasteiger partial charge < -0.3 is 9.88 Å². The molecule has 0 unspecified atom stereocenters. The SMILES string of the molecule is O=C1CN(Cc2ccccc2Cl)CCN1Cc1nc2ccccc2[nH]1. The molecule has 1 aliphatic rings. The molecule has 0 radical (unpaired) electrons. The van der Waals surface area contributed by atoms with Crippen molar-refractivity contribution >= 4 is 28.5 Å². The van der Waals surface area contributed by atoms with Crippen LogP contribution in [0.25, 0.3) is 11.0 Å². The van der Waals surface area contributed by atoms with Crippen molar-refractivity contribution in [3.05, 3.63) is 64.9 Å². The molecule has 0 saturated carbocycles. The average Bonchev–Trinajstić information content (AvgIpc) is 3.02. The summed E-state index contributed by atoms with van der Waals surface area (Å²) in [5.74, 6) is 0.952. The van der Waals surface area contributed by atoms with Crippen LogP contribution in [-0.2, 0) is 17.9 Å². The molecule has 2 aromatic carbocycles. The molecule has 1 fully saturated rings. The molecule has 1 aliphatic heterocycles. The summed E-state index contributed by atoms with van der Waals surface area (Å²) in [6, 6.07) is 15.7. The Hall–Kier alpha value is -2.37. The van der Waals surface area contributed by atoms with Gasteiger partial charge in [0, 0.05) is 24.7 Å². The van der Waals surface area contributed by atoms with Crippen LogP contribution >= 0.6 is 11.6 Å². The lowest BCUT2D eigenvalue weighted by Gasteiger charge is -2.34. The number of fused-ring (bicyclic) bond motifs is 1. The lowest BCUT2D eigenvalue weighted by molar-refractivity contribution is -0.137. The molecule has 25 heavy (non-hydrogen) atoms. The Morgan fingerprint density at radius 3 is 2.64 bits per heavy atom. The molecule has 4 rings (SSSR count). The van der Waals surface area contributed by atoms with Crippen LogP contribution in [0.4, 0.5) is 0 Å². The Balaban J connectivity index is 1.40. The third-order valence-electron chi connectivity index (χ3n) is 4.53. The van der Waals surface area contributed by atoms with Crippen molar-refractivity contribution in [2.24, 2.45) is 0 Å². The average molecular weight is 355 g/mol. The van der Waals surface area contributed by atoms with Crippen molar-refractivity contribution in [2.45, 2.75) is 13.1 Å². The van der Waals surface area contributed by atoms with Gasteiger partial charge in [-0.2, -0.15) is 0 Å². The lowest BCUT2D eigenvalue weighted by Crippen LogP contribution is -2.49. The van der Waals surface area contributed by atoms with Gasteiger partial charge in [0.15, 0.2) is 0 Å². The first-order valence-corrected chi connectivity index (χ1v) is 8.74. The molecular weight excluding hydrogens is 336 g/mol. The first kappa shape index (κ1) is 16.1. The predicted molar refractivity (Wildman–Crippen MR) is 98.2 cm³/mol. The van der Waals surface area contributed by atoms with E-state index in [-0.39, 0.29) is 5.91 Å². The van der Waals surface area contributed by atoms with E-state index in [4.69, 9.17) is 11.6 Å². The second kappa shape index (κ2) is 6.86. The molecular formula is C19H19ClN4O. The van der Waals surface area contributed by atoms with Crippen molar-refractivity contribution in [3.8, 4) is 0 Å². The number of hydrogen-bond donors (Lipinski definition) is 1. The standard InChI is InChI=1S/C19H19ClN4O/c20-15-6-2-1-5-14(15)11-23-9-10-24(19(25)13-23)12-18-21-16-7-3-4-8-17(16)22-18/h1-8H,9-13H2,(H,21,22). The summed E-state index contributed by atoms with van der Waals surface area (Å²) in [5.41, 5.74) is 2.99. The van der Waals surface area contributed by atoms with Gasteiger partial charge in [0.2, 0.25) is 5.91 Å². The van der Waals surface area contributed by atoms with Gasteiger partial charge in [-0.1, -0.05) is 41.9 Å². The van der Waals surface area contributed by atoms with Gasteiger partial charge in [-0.25, -0.2) is 4.98 Å².